The van der Waals surface area contributed by atoms with Crippen molar-refractivity contribution < 1.29 is 14.0 Å². The second-order valence-corrected chi connectivity index (χ2v) is 9.49. The minimum atomic E-state index is -0.899. The van der Waals surface area contributed by atoms with Gasteiger partial charge in [-0.15, -0.1) is 4.98 Å². The lowest BCUT2D eigenvalue weighted by Gasteiger charge is -2.43. The van der Waals surface area contributed by atoms with Gasteiger partial charge < -0.3 is 15.1 Å². The Labute approximate surface area is 219 Å². The molecule has 0 atom stereocenters. The number of anilines is 2. The van der Waals surface area contributed by atoms with Crippen LogP contribution in [0.1, 0.15) is 40.7 Å². The predicted molar refractivity (Wildman–Crippen MR) is 141 cm³/mol. The Bertz CT molecular complexity index is 1450. The summed E-state index contributed by atoms with van der Waals surface area (Å²) in [4.78, 5) is 40.9. The zero-order valence-corrected chi connectivity index (χ0v) is 20.9. The van der Waals surface area contributed by atoms with E-state index in [1.807, 2.05) is 12.1 Å². The van der Waals surface area contributed by atoms with Crippen molar-refractivity contribution in [1.29, 1.82) is 0 Å². The molecule has 5 rings (SSSR count). The van der Waals surface area contributed by atoms with Crippen molar-refractivity contribution in [3.63, 3.8) is 0 Å². The van der Waals surface area contributed by atoms with E-state index in [0.717, 1.165) is 12.0 Å². The second-order valence-electron chi connectivity index (χ2n) is 9.12. The highest BCUT2D eigenvalue weighted by Crippen LogP contribution is 2.48. The molecule has 3 heterocycles. The van der Waals surface area contributed by atoms with E-state index in [1.165, 1.54) is 23.2 Å². The molecule has 0 unspecified atom stereocenters. The van der Waals surface area contributed by atoms with Crippen LogP contribution in [-0.4, -0.2) is 39.0 Å². The molecule has 3 aromatic rings. The Hall–Kier alpha value is -4.23. The van der Waals surface area contributed by atoms with Crippen LogP contribution in [0.15, 0.2) is 55.0 Å². The lowest BCUT2D eigenvalue weighted by Crippen LogP contribution is -2.55. The first-order valence-electron chi connectivity index (χ1n) is 11.9. The molecule has 37 heavy (non-hydrogen) atoms. The van der Waals surface area contributed by atoms with E-state index in [-0.39, 0.29) is 22.4 Å². The fraction of sp³-hybridized carbons (Fsp3) is 0.259. The van der Waals surface area contributed by atoms with E-state index in [4.69, 9.17) is 18.8 Å². The number of hydrogen-bond donors (Lipinski definition) is 1. The molecule has 2 amide bonds. The van der Waals surface area contributed by atoms with Gasteiger partial charge in [-0.2, -0.15) is 0 Å². The molecule has 1 saturated heterocycles. The summed E-state index contributed by atoms with van der Waals surface area (Å²) in [6, 6.07) is 9.73. The molecule has 1 N–H and O–H groups in total. The minimum absolute atomic E-state index is 0.0829. The van der Waals surface area contributed by atoms with Crippen molar-refractivity contribution in [3.05, 3.63) is 88.9 Å². The largest absolute Gasteiger partial charge is 0.360 e. The number of carbonyl (C=O) groups is 2. The van der Waals surface area contributed by atoms with Gasteiger partial charge in [-0.05, 0) is 86.3 Å². The van der Waals surface area contributed by atoms with Gasteiger partial charge in [0.15, 0.2) is 5.11 Å². The fourth-order valence-electron chi connectivity index (χ4n) is 4.79. The number of pyridine rings is 2. The van der Waals surface area contributed by atoms with Crippen LogP contribution in [0.5, 0.6) is 0 Å². The van der Waals surface area contributed by atoms with Crippen LogP contribution in [0.25, 0.3) is 4.85 Å². The summed E-state index contributed by atoms with van der Waals surface area (Å²) in [5.74, 6) is -1.15. The number of nitrogens with one attached hydrogen (secondary N) is 1. The third-order valence-electron chi connectivity index (χ3n) is 6.87. The van der Waals surface area contributed by atoms with E-state index in [1.54, 1.807) is 36.4 Å². The topological polar surface area (TPSA) is 82.8 Å². The highest BCUT2D eigenvalue weighted by molar-refractivity contribution is 7.81. The van der Waals surface area contributed by atoms with E-state index in [9.17, 15) is 9.59 Å². The summed E-state index contributed by atoms with van der Waals surface area (Å²) in [5, 5.41) is 2.96. The van der Waals surface area contributed by atoms with Gasteiger partial charge in [-0.1, -0.05) is 12.6 Å². The van der Waals surface area contributed by atoms with E-state index in [2.05, 4.69) is 20.1 Å². The van der Waals surface area contributed by atoms with Crippen molar-refractivity contribution in [2.45, 2.75) is 38.1 Å². The smallest absolute Gasteiger partial charge is 0.272 e. The molecule has 1 spiro atoms. The second kappa shape index (κ2) is 9.67. The highest BCUT2D eigenvalue weighted by atomic mass is 32.1. The van der Waals surface area contributed by atoms with Gasteiger partial charge >= 0.3 is 0 Å². The van der Waals surface area contributed by atoms with Gasteiger partial charge in [0.05, 0.1) is 11.3 Å². The number of nitrogens with zero attached hydrogens (tertiary/aromatic N) is 5. The Balaban J connectivity index is 1.38. The molecule has 8 nitrogen and oxygen atoms in total. The molecule has 2 aromatic heterocycles. The molecule has 186 valence electrons. The SMILES string of the molecule is [C-]#[N+]c1ncc(N2C(=O)C3(CCC3)N(c3ccc(C(=O)NCCc4cccnc4)c(F)c3)C2=S)cc1C. The molecule has 0 radical (unpaired) electrons. The lowest BCUT2D eigenvalue weighted by molar-refractivity contribution is -0.123. The summed E-state index contributed by atoms with van der Waals surface area (Å²) in [6.45, 7) is 9.31. The molecule has 1 aliphatic carbocycles. The van der Waals surface area contributed by atoms with Crippen LogP contribution >= 0.6 is 12.2 Å². The van der Waals surface area contributed by atoms with Crippen LogP contribution in [0, 0.1) is 19.3 Å². The molecule has 10 heteroatoms. The van der Waals surface area contributed by atoms with Gasteiger partial charge in [0.2, 0.25) is 0 Å². The summed E-state index contributed by atoms with van der Waals surface area (Å²) in [7, 11) is 0. The van der Waals surface area contributed by atoms with Crippen LogP contribution in [-0.2, 0) is 11.2 Å². The van der Waals surface area contributed by atoms with Gasteiger partial charge in [-0.25, -0.2) is 4.39 Å². The Morgan fingerprint density at radius 3 is 2.68 bits per heavy atom. The first kappa shape index (κ1) is 24.5. The third-order valence-corrected chi connectivity index (χ3v) is 7.24. The number of aromatic nitrogens is 2. The maximum atomic E-state index is 15.2. The quantitative estimate of drug-likeness (QED) is 0.385. The van der Waals surface area contributed by atoms with Crippen molar-refractivity contribution in [2.24, 2.45) is 0 Å². The van der Waals surface area contributed by atoms with Crippen LogP contribution in [0.4, 0.5) is 21.6 Å². The monoisotopic (exact) mass is 514 g/mol. The lowest BCUT2D eigenvalue weighted by atomic mass is 9.75. The number of thiocarbonyl (C=S) groups is 1. The maximum absolute atomic E-state index is 15.2. The van der Waals surface area contributed by atoms with Gasteiger partial charge in [0.25, 0.3) is 17.6 Å². The molecule has 1 aromatic carbocycles. The average molecular weight is 515 g/mol. The van der Waals surface area contributed by atoms with Gasteiger partial charge in [0, 0.05) is 24.6 Å². The van der Waals surface area contributed by atoms with Gasteiger partial charge in [-0.3, -0.25) is 19.5 Å². The predicted octanol–water partition coefficient (Wildman–Crippen LogP) is 4.51. The molecule has 0 bridgehead atoms. The zero-order valence-electron chi connectivity index (χ0n) is 20.1. The average Bonchev–Trinajstić information content (AvgIpc) is 3.11. The number of amides is 2. The zero-order chi connectivity index (χ0) is 26.2. The maximum Gasteiger partial charge on any atom is 0.272 e. The highest BCUT2D eigenvalue weighted by Gasteiger charge is 2.59. The van der Waals surface area contributed by atoms with E-state index < -0.39 is 17.3 Å². The number of aryl methyl sites for hydroxylation is 1. The summed E-state index contributed by atoms with van der Waals surface area (Å²) < 4.78 is 15.2. The fourth-order valence-corrected chi connectivity index (χ4v) is 5.26. The molecule has 2 fully saturated rings. The molecule has 1 saturated carbocycles. The van der Waals surface area contributed by atoms with Crippen molar-refractivity contribution in [1.82, 2.24) is 15.3 Å². The Morgan fingerprint density at radius 2 is 2.05 bits per heavy atom. The number of carbonyl (C=O) groups excluding carboxylic acids is 2. The molecular formula is C27H23FN6O2S. The number of benzene rings is 1. The Kier molecular flexibility index (Phi) is 6.39. The number of hydrogen-bond acceptors (Lipinski definition) is 5. The number of rotatable bonds is 6. The molecule has 1 aliphatic heterocycles. The van der Waals surface area contributed by atoms with E-state index in [0.29, 0.717) is 42.7 Å². The van der Waals surface area contributed by atoms with Crippen molar-refractivity contribution >= 4 is 46.3 Å². The van der Waals surface area contributed by atoms with Crippen LogP contribution < -0.4 is 15.1 Å². The van der Waals surface area contributed by atoms with E-state index >= 15 is 4.39 Å². The molecular weight excluding hydrogens is 491 g/mol. The van der Waals surface area contributed by atoms with Crippen molar-refractivity contribution in [2.75, 3.05) is 16.3 Å². The summed E-state index contributed by atoms with van der Waals surface area (Å²) >= 11 is 5.72. The summed E-state index contributed by atoms with van der Waals surface area (Å²) in [5.41, 5.74) is 1.50. The van der Waals surface area contributed by atoms with Crippen LogP contribution in [0.3, 0.4) is 0 Å². The first-order valence-corrected chi connectivity index (χ1v) is 12.3. The van der Waals surface area contributed by atoms with Crippen molar-refractivity contribution in [3.8, 4) is 0 Å². The van der Waals surface area contributed by atoms with Gasteiger partial charge in [0.1, 0.15) is 17.6 Å². The Morgan fingerprint density at radius 1 is 1.24 bits per heavy atom. The molecule has 2 aliphatic rings. The third kappa shape index (κ3) is 4.21. The first-order chi connectivity index (χ1) is 17.9. The number of halogens is 1. The minimum Gasteiger partial charge on any atom is -0.360 e. The van der Waals surface area contributed by atoms with Crippen LogP contribution in [0.2, 0.25) is 0 Å². The normalized spacial score (nSPS) is 16.0. The summed E-state index contributed by atoms with van der Waals surface area (Å²) in [6.07, 6.45) is 7.42. The standard InChI is InChI=1S/C27H23FN6O2S/c1-17-13-20(16-32-23(17)29-2)33-25(36)27(9-4-10-27)34(26(33)37)19-6-7-21(22(28)14-19)24(35)31-12-8-18-5-3-11-30-15-18/h3,5-7,11,13-16H,4,8-10,12H2,1H3,(H,31,35).